The Hall–Kier alpha value is -2.67. The summed E-state index contributed by atoms with van der Waals surface area (Å²) in [6.45, 7) is 7.53. The van der Waals surface area contributed by atoms with Crippen molar-refractivity contribution in [3.05, 3.63) is 87.8 Å². The molecule has 4 nitrogen and oxygen atoms in total. The second-order valence-corrected chi connectivity index (χ2v) is 11.6. The van der Waals surface area contributed by atoms with Crippen LogP contribution >= 0.6 is 23.2 Å². The molecule has 3 aromatic carbocycles. The Bertz CT molecular complexity index is 1530. The van der Waals surface area contributed by atoms with E-state index >= 15 is 0 Å². The molecule has 0 aliphatic heterocycles. The Morgan fingerprint density at radius 1 is 1.00 bits per heavy atom. The van der Waals surface area contributed by atoms with Crippen molar-refractivity contribution < 1.29 is 12.8 Å². The predicted octanol–water partition coefficient (Wildman–Crippen LogP) is 7.75. The lowest BCUT2D eigenvalue weighted by atomic mass is 9.87. The standard InChI is InChI=1S/C26H23Cl2FN2O2S/c1-15-7-9-17(18-6-5-13-30-25(15)18)23-22(12-11-20(27)24(23)28)31-34(32,33)16-8-10-19(21(29)14-16)26(2,3)4/h5-14,31H,1-4H3. The lowest BCUT2D eigenvalue weighted by molar-refractivity contribution is 0.519. The van der Waals surface area contributed by atoms with Crippen molar-refractivity contribution in [2.24, 2.45) is 0 Å². The Morgan fingerprint density at radius 2 is 1.74 bits per heavy atom. The zero-order valence-electron chi connectivity index (χ0n) is 19.1. The first-order valence-corrected chi connectivity index (χ1v) is 12.8. The molecule has 1 heterocycles. The van der Waals surface area contributed by atoms with Gasteiger partial charge in [0.25, 0.3) is 10.0 Å². The van der Waals surface area contributed by atoms with Crippen molar-refractivity contribution in [2.45, 2.75) is 38.0 Å². The van der Waals surface area contributed by atoms with E-state index in [-0.39, 0.29) is 20.6 Å². The maximum Gasteiger partial charge on any atom is 0.262 e. The van der Waals surface area contributed by atoms with Gasteiger partial charge in [-0.3, -0.25) is 9.71 Å². The fourth-order valence-corrected chi connectivity index (χ4v) is 5.41. The summed E-state index contributed by atoms with van der Waals surface area (Å²) in [5.74, 6) is -0.583. The van der Waals surface area contributed by atoms with Crippen LogP contribution in [0.5, 0.6) is 0 Å². The van der Waals surface area contributed by atoms with E-state index in [0.29, 0.717) is 16.7 Å². The van der Waals surface area contributed by atoms with E-state index in [1.54, 1.807) is 18.3 Å². The molecule has 4 aromatic rings. The lowest BCUT2D eigenvalue weighted by Crippen LogP contribution is -2.17. The highest BCUT2D eigenvalue weighted by Crippen LogP contribution is 2.43. The molecule has 0 unspecified atom stereocenters. The molecule has 1 N–H and O–H groups in total. The highest BCUT2D eigenvalue weighted by atomic mass is 35.5. The van der Waals surface area contributed by atoms with E-state index in [1.165, 1.54) is 18.2 Å². The first kappa shape index (κ1) is 24.5. The number of nitrogens with one attached hydrogen (secondary N) is 1. The molecular formula is C26H23Cl2FN2O2S. The van der Waals surface area contributed by atoms with Crippen LogP contribution in [0.25, 0.3) is 22.0 Å². The van der Waals surface area contributed by atoms with E-state index in [2.05, 4.69) is 9.71 Å². The molecule has 0 atom stereocenters. The van der Waals surface area contributed by atoms with E-state index in [1.807, 2.05) is 45.9 Å². The minimum absolute atomic E-state index is 0.189. The summed E-state index contributed by atoms with van der Waals surface area (Å²) in [6.07, 6.45) is 1.69. The Balaban J connectivity index is 1.86. The van der Waals surface area contributed by atoms with Crippen molar-refractivity contribution in [3.63, 3.8) is 0 Å². The van der Waals surface area contributed by atoms with Gasteiger partial charge in [0, 0.05) is 17.1 Å². The number of anilines is 1. The Morgan fingerprint density at radius 3 is 2.41 bits per heavy atom. The highest BCUT2D eigenvalue weighted by Gasteiger charge is 2.24. The molecule has 0 saturated carbocycles. The van der Waals surface area contributed by atoms with Crippen molar-refractivity contribution >= 4 is 49.8 Å². The van der Waals surface area contributed by atoms with Crippen molar-refractivity contribution in [1.29, 1.82) is 0 Å². The molecular weight excluding hydrogens is 494 g/mol. The van der Waals surface area contributed by atoms with Crippen LogP contribution in [0, 0.1) is 12.7 Å². The summed E-state index contributed by atoms with van der Waals surface area (Å²) in [5, 5.41) is 1.27. The highest BCUT2D eigenvalue weighted by molar-refractivity contribution is 7.92. The van der Waals surface area contributed by atoms with Gasteiger partial charge in [-0.15, -0.1) is 0 Å². The maximum atomic E-state index is 14.8. The average Bonchev–Trinajstić information content (AvgIpc) is 2.77. The van der Waals surface area contributed by atoms with Gasteiger partial charge < -0.3 is 0 Å². The largest absolute Gasteiger partial charge is 0.279 e. The molecule has 4 rings (SSSR count). The number of halogens is 3. The second kappa shape index (κ2) is 8.84. The Labute approximate surface area is 208 Å². The summed E-state index contributed by atoms with van der Waals surface area (Å²) in [4.78, 5) is 4.26. The fraction of sp³-hybridized carbons (Fsp3) is 0.192. The lowest BCUT2D eigenvalue weighted by Gasteiger charge is -2.21. The summed E-state index contributed by atoms with van der Waals surface area (Å²) in [7, 11) is -4.13. The molecule has 0 amide bonds. The van der Waals surface area contributed by atoms with Crippen LogP contribution in [0.1, 0.15) is 31.9 Å². The van der Waals surface area contributed by atoms with Gasteiger partial charge in [0.1, 0.15) is 5.82 Å². The van der Waals surface area contributed by atoms with E-state index in [9.17, 15) is 12.8 Å². The summed E-state index contributed by atoms with van der Waals surface area (Å²) in [6, 6.07) is 14.4. The number of pyridine rings is 1. The van der Waals surface area contributed by atoms with Crippen LogP contribution in [-0.2, 0) is 15.4 Å². The van der Waals surface area contributed by atoms with Crippen molar-refractivity contribution in [3.8, 4) is 11.1 Å². The third-order valence-corrected chi connectivity index (χ3v) is 7.81. The smallest absolute Gasteiger partial charge is 0.262 e. The monoisotopic (exact) mass is 516 g/mol. The van der Waals surface area contributed by atoms with Crippen LogP contribution in [0.2, 0.25) is 10.0 Å². The summed E-state index contributed by atoms with van der Waals surface area (Å²) in [5.41, 5.74) is 3.02. The number of sulfonamides is 1. The average molecular weight is 517 g/mol. The summed E-state index contributed by atoms with van der Waals surface area (Å²) >= 11 is 12.9. The number of hydrogen-bond donors (Lipinski definition) is 1. The molecule has 0 aliphatic carbocycles. The third kappa shape index (κ3) is 4.50. The molecule has 8 heteroatoms. The van der Waals surface area contributed by atoms with Crippen LogP contribution in [-0.4, -0.2) is 13.4 Å². The molecule has 0 saturated heterocycles. The Kier molecular flexibility index (Phi) is 6.36. The topological polar surface area (TPSA) is 59.1 Å². The minimum Gasteiger partial charge on any atom is -0.279 e. The van der Waals surface area contributed by atoms with Gasteiger partial charge in [-0.05, 0) is 59.4 Å². The van der Waals surface area contributed by atoms with Gasteiger partial charge >= 0.3 is 0 Å². The molecule has 0 fully saturated rings. The maximum absolute atomic E-state index is 14.8. The molecule has 176 valence electrons. The van der Waals surface area contributed by atoms with Gasteiger partial charge in [0.15, 0.2) is 0 Å². The molecule has 0 spiro atoms. The normalized spacial score (nSPS) is 12.2. The van der Waals surface area contributed by atoms with Crippen LogP contribution in [0.3, 0.4) is 0 Å². The molecule has 0 aliphatic rings. The first-order chi connectivity index (χ1) is 15.9. The quantitative estimate of drug-likeness (QED) is 0.301. The van der Waals surface area contributed by atoms with Crippen LogP contribution in [0.4, 0.5) is 10.1 Å². The minimum atomic E-state index is -4.13. The van der Waals surface area contributed by atoms with Crippen LogP contribution in [0.15, 0.2) is 65.7 Å². The van der Waals surface area contributed by atoms with Gasteiger partial charge in [-0.1, -0.05) is 68.2 Å². The molecule has 1 aromatic heterocycles. The van der Waals surface area contributed by atoms with Crippen LogP contribution < -0.4 is 4.72 Å². The van der Waals surface area contributed by atoms with E-state index in [0.717, 1.165) is 22.5 Å². The zero-order chi connectivity index (χ0) is 24.8. The van der Waals surface area contributed by atoms with Gasteiger partial charge in [-0.2, -0.15) is 0 Å². The molecule has 34 heavy (non-hydrogen) atoms. The SMILES string of the molecule is Cc1ccc(-c2c(NS(=O)(=O)c3ccc(C(C)(C)C)c(F)c3)ccc(Cl)c2Cl)c2cccnc12. The number of nitrogens with zero attached hydrogens (tertiary/aromatic N) is 1. The first-order valence-electron chi connectivity index (χ1n) is 10.6. The number of hydrogen-bond acceptors (Lipinski definition) is 3. The van der Waals surface area contributed by atoms with E-state index < -0.39 is 21.3 Å². The predicted molar refractivity (Wildman–Crippen MR) is 138 cm³/mol. The van der Waals surface area contributed by atoms with Gasteiger partial charge in [-0.25, -0.2) is 12.8 Å². The van der Waals surface area contributed by atoms with Crippen molar-refractivity contribution in [1.82, 2.24) is 4.98 Å². The van der Waals surface area contributed by atoms with Gasteiger partial charge in [0.05, 0.1) is 26.1 Å². The summed E-state index contributed by atoms with van der Waals surface area (Å²) < 4.78 is 43.8. The molecule has 0 radical (unpaired) electrons. The number of fused-ring (bicyclic) bond motifs is 1. The number of aryl methyl sites for hydroxylation is 1. The number of rotatable bonds is 4. The number of aromatic nitrogens is 1. The molecule has 0 bridgehead atoms. The van der Waals surface area contributed by atoms with E-state index in [4.69, 9.17) is 23.2 Å². The zero-order valence-corrected chi connectivity index (χ0v) is 21.4. The second-order valence-electron chi connectivity index (χ2n) is 9.11. The van der Waals surface area contributed by atoms with Gasteiger partial charge in [0.2, 0.25) is 0 Å². The fourth-order valence-electron chi connectivity index (χ4n) is 3.91. The number of benzene rings is 3. The third-order valence-electron chi connectivity index (χ3n) is 5.64. The van der Waals surface area contributed by atoms with Crippen molar-refractivity contribution in [2.75, 3.05) is 4.72 Å².